The van der Waals surface area contributed by atoms with Crippen LogP contribution in [0, 0.1) is 18.3 Å². The van der Waals surface area contributed by atoms with E-state index in [0.29, 0.717) is 11.5 Å². The lowest BCUT2D eigenvalue weighted by Crippen LogP contribution is -1.97. The number of nitrogens with zero attached hydrogens (tertiary/aromatic N) is 3. The van der Waals surface area contributed by atoms with E-state index in [9.17, 15) is 0 Å². The summed E-state index contributed by atoms with van der Waals surface area (Å²) in [7, 11) is 0. The van der Waals surface area contributed by atoms with Gasteiger partial charge in [0.05, 0.1) is 11.9 Å². The van der Waals surface area contributed by atoms with Crippen molar-refractivity contribution in [1.29, 1.82) is 5.26 Å². The number of hydrogen-bond donors (Lipinski definition) is 1. The molecule has 2 aromatic heterocycles. The van der Waals surface area contributed by atoms with E-state index in [2.05, 4.69) is 15.3 Å². The molecular formula is C12H10N4. The Labute approximate surface area is 93.6 Å². The van der Waals surface area contributed by atoms with Gasteiger partial charge in [0.1, 0.15) is 17.6 Å². The number of nitriles is 1. The van der Waals surface area contributed by atoms with Crippen molar-refractivity contribution in [3.63, 3.8) is 0 Å². The first-order valence-corrected chi connectivity index (χ1v) is 4.84. The molecule has 4 nitrogen and oxygen atoms in total. The van der Waals surface area contributed by atoms with Gasteiger partial charge in [-0.25, -0.2) is 4.98 Å². The minimum absolute atomic E-state index is 0.395. The van der Waals surface area contributed by atoms with Crippen LogP contribution in [0.1, 0.15) is 11.3 Å². The third-order valence-corrected chi connectivity index (χ3v) is 2.17. The first kappa shape index (κ1) is 10.1. The third kappa shape index (κ3) is 2.15. The number of hydrogen-bond acceptors (Lipinski definition) is 4. The molecule has 0 amide bonds. The predicted molar refractivity (Wildman–Crippen MR) is 61.2 cm³/mol. The number of pyridine rings is 2. The highest BCUT2D eigenvalue weighted by molar-refractivity contribution is 5.59. The van der Waals surface area contributed by atoms with Crippen molar-refractivity contribution in [3.8, 4) is 6.07 Å². The molecule has 2 aromatic rings. The minimum atomic E-state index is 0.395. The van der Waals surface area contributed by atoms with E-state index in [-0.39, 0.29) is 0 Å². The summed E-state index contributed by atoms with van der Waals surface area (Å²) in [6.07, 6.45) is 3.47. The van der Waals surface area contributed by atoms with Gasteiger partial charge in [0.25, 0.3) is 0 Å². The Hall–Kier alpha value is -2.41. The Balaban J connectivity index is 2.28. The summed E-state index contributed by atoms with van der Waals surface area (Å²) in [5.74, 6) is 0.648. The van der Waals surface area contributed by atoms with Crippen LogP contribution in [-0.4, -0.2) is 9.97 Å². The second-order valence-corrected chi connectivity index (χ2v) is 3.34. The standard InChI is InChI=1S/C12H10N4/c1-9-5-6-14-8-11(9)16-12-4-2-3-10(7-13)15-12/h2-6,8H,1H3,(H,15,16). The predicted octanol–water partition coefficient (Wildman–Crippen LogP) is 2.40. The smallest absolute Gasteiger partial charge is 0.142 e. The van der Waals surface area contributed by atoms with Gasteiger partial charge >= 0.3 is 0 Å². The highest BCUT2D eigenvalue weighted by atomic mass is 15.0. The fraction of sp³-hybridized carbons (Fsp3) is 0.0833. The van der Waals surface area contributed by atoms with Crippen molar-refractivity contribution in [2.75, 3.05) is 5.32 Å². The van der Waals surface area contributed by atoms with Crippen LogP contribution >= 0.6 is 0 Å². The van der Waals surface area contributed by atoms with E-state index in [1.807, 2.05) is 25.1 Å². The van der Waals surface area contributed by atoms with Gasteiger partial charge in [-0.1, -0.05) is 6.07 Å². The van der Waals surface area contributed by atoms with Gasteiger partial charge in [0.15, 0.2) is 0 Å². The molecule has 0 atom stereocenters. The molecule has 0 radical (unpaired) electrons. The van der Waals surface area contributed by atoms with Crippen LogP contribution in [0.2, 0.25) is 0 Å². The summed E-state index contributed by atoms with van der Waals surface area (Å²) >= 11 is 0. The molecule has 0 fully saturated rings. The lowest BCUT2D eigenvalue weighted by atomic mass is 10.2. The molecule has 2 rings (SSSR count). The molecule has 1 N–H and O–H groups in total. The van der Waals surface area contributed by atoms with Gasteiger partial charge in [0, 0.05) is 6.20 Å². The molecule has 0 unspecified atom stereocenters. The van der Waals surface area contributed by atoms with Crippen LogP contribution in [0.15, 0.2) is 36.7 Å². The van der Waals surface area contributed by atoms with E-state index in [1.165, 1.54) is 0 Å². The zero-order valence-electron chi connectivity index (χ0n) is 8.81. The maximum Gasteiger partial charge on any atom is 0.142 e. The van der Waals surface area contributed by atoms with Gasteiger partial charge in [-0.2, -0.15) is 5.26 Å². The molecule has 0 bridgehead atoms. The molecule has 78 valence electrons. The second kappa shape index (κ2) is 4.41. The van der Waals surface area contributed by atoms with Crippen LogP contribution in [0.5, 0.6) is 0 Å². The average molecular weight is 210 g/mol. The van der Waals surface area contributed by atoms with Crippen molar-refractivity contribution >= 4 is 11.5 Å². The van der Waals surface area contributed by atoms with Crippen LogP contribution in [0.4, 0.5) is 11.5 Å². The maximum atomic E-state index is 8.73. The van der Waals surface area contributed by atoms with Gasteiger partial charge < -0.3 is 5.32 Å². The molecular weight excluding hydrogens is 200 g/mol. The average Bonchev–Trinajstić information content (AvgIpc) is 2.32. The lowest BCUT2D eigenvalue weighted by molar-refractivity contribution is 1.23. The monoisotopic (exact) mass is 210 g/mol. The zero-order chi connectivity index (χ0) is 11.4. The molecule has 0 spiro atoms. The summed E-state index contributed by atoms with van der Waals surface area (Å²) < 4.78 is 0. The lowest BCUT2D eigenvalue weighted by Gasteiger charge is -2.07. The summed E-state index contributed by atoms with van der Waals surface area (Å²) in [4.78, 5) is 8.16. The van der Waals surface area contributed by atoms with Gasteiger partial charge in [-0.3, -0.25) is 4.98 Å². The molecule has 0 saturated heterocycles. The van der Waals surface area contributed by atoms with Crippen molar-refractivity contribution in [1.82, 2.24) is 9.97 Å². The van der Waals surface area contributed by atoms with Gasteiger partial charge in [-0.15, -0.1) is 0 Å². The maximum absolute atomic E-state index is 8.73. The number of nitrogens with one attached hydrogen (secondary N) is 1. The Kier molecular flexibility index (Phi) is 2.79. The largest absolute Gasteiger partial charge is 0.339 e. The Bertz CT molecular complexity index is 543. The number of anilines is 2. The Morgan fingerprint density at radius 2 is 2.19 bits per heavy atom. The van der Waals surface area contributed by atoms with Crippen LogP contribution in [-0.2, 0) is 0 Å². The third-order valence-electron chi connectivity index (χ3n) is 2.17. The molecule has 0 saturated carbocycles. The van der Waals surface area contributed by atoms with Crippen LogP contribution in [0.3, 0.4) is 0 Å². The molecule has 0 aliphatic heterocycles. The summed E-state index contributed by atoms with van der Waals surface area (Å²) in [5, 5.41) is 11.9. The summed E-state index contributed by atoms with van der Waals surface area (Å²) in [6.45, 7) is 1.98. The summed E-state index contributed by atoms with van der Waals surface area (Å²) in [5.41, 5.74) is 2.37. The number of aromatic nitrogens is 2. The first-order chi connectivity index (χ1) is 7.79. The fourth-order valence-electron chi connectivity index (χ4n) is 1.30. The summed E-state index contributed by atoms with van der Waals surface area (Å²) in [6, 6.07) is 9.19. The van der Waals surface area contributed by atoms with Crippen molar-refractivity contribution in [3.05, 3.63) is 47.9 Å². The van der Waals surface area contributed by atoms with E-state index in [4.69, 9.17) is 5.26 Å². The van der Waals surface area contributed by atoms with Crippen LogP contribution in [0.25, 0.3) is 0 Å². The minimum Gasteiger partial charge on any atom is -0.339 e. The quantitative estimate of drug-likeness (QED) is 0.826. The van der Waals surface area contributed by atoms with E-state index < -0.39 is 0 Å². The Morgan fingerprint density at radius 1 is 1.31 bits per heavy atom. The highest BCUT2D eigenvalue weighted by Crippen LogP contribution is 2.17. The van der Waals surface area contributed by atoms with E-state index >= 15 is 0 Å². The fourth-order valence-corrected chi connectivity index (χ4v) is 1.30. The topological polar surface area (TPSA) is 61.6 Å². The number of rotatable bonds is 2. The second-order valence-electron chi connectivity index (χ2n) is 3.34. The molecule has 16 heavy (non-hydrogen) atoms. The SMILES string of the molecule is Cc1ccncc1Nc1cccc(C#N)n1. The molecule has 4 heteroatoms. The molecule has 0 aromatic carbocycles. The van der Waals surface area contributed by atoms with Gasteiger partial charge in [-0.05, 0) is 30.7 Å². The number of aryl methyl sites for hydroxylation is 1. The molecule has 2 heterocycles. The van der Waals surface area contributed by atoms with Crippen LogP contribution < -0.4 is 5.32 Å². The molecule has 0 aliphatic carbocycles. The first-order valence-electron chi connectivity index (χ1n) is 4.84. The highest BCUT2D eigenvalue weighted by Gasteiger charge is 2.00. The van der Waals surface area contributed by atoms with Crippen molar-refractivity contribution in [2.24, 2.45) is 0 Å². The van der Waals surface area contributed by atoms with Crippen molar-refractivity contribution < 1.29 is 0 Å². The van der Waals surface area contributed by atoms with E-state index in [0.717, 1.165) is 11.3 Å². The van der Waals surface area contributed by atoms with Gasteiger partial charge in [0.2, 0.25) is 0 Å². The zero-order valence-corrected chi connectivity index (χ0v) is 8.81. The Morgan fingerprint density at radius 3 is 2.94 bits per heavy atom. The molecule has 0 aliphatic rings. The normalized spacial score (nSPS) is 9.50. The van der Waals surface area contributed by atoms with E-state index in [1.54, 1.807) is 24.5 Å². The van der Waals surface area contributed by atoms with Crippen molar-refractivity contribution in [2.45, 2.75) is 6.92 Å².